The van der Waals surface area contributed by atoms with Crippen LogP contribution < -0.4 is 5.32 Å². The first-order valence-corrected chi connectivity index (χ1v) is 8.23. The summed E-state index contributed by atoms with van der Waals surface area (Å²) >= 11 is 3.07. The van der Waals surface area contributed by atoms with Crippen LogP contribution >= 0.6 is 15.9 Å². The number of hydrogen-bond acceptors (Lipinski definition) is 1. The van der Waals surface area contributed by atoms with Crippen LogP contribution in [0.4, 0.5) is 14.5 Å². The lowest BCUT2D eigenvalue weighted by atomic mass is 9.84. The van der Waals surface area contributed by atoms with Crippen molar-refractivity contribution in [2.75, 3.05) is 5.32 Å². The number of rotatable bonds is 5. The van der Waals surface area contributed by atoms with E-state index in [0.717, 1.165) is 6.42 Å². The fourth-order valence-electron chi connectivity index (χ4n) is 2.47. The minimum absolute atomic E-state index is 0.0251. The Morgan fingerprint density at radius 3 is 2.57 bits per heavy atom. The molecule has 2 unspecified atom stereocenters. The van der Waals surface area contributed by atoms with Crippen LogP contribution in [0.25, 0.3) is 0 Å². The maximum absolute atomic E-state index is 13.6. The van der Waals surface area contributed by atoms with E-state index in [-0.39, 0.29) is 17.6 Å². The minimum atomic E-state index is -0.498. The van der Waals surface area contributed by atoms with Gasteiger partial charge in [-0.15, -0.1) is 0 Å². The van der Waals surface area contributed by atoms with Gasteiger partial charge in [0.25, 0.3) is 0 Å². The van der Waals surface area contributed by atoms with Gasteiger partial charge in [-0.1, -0.05) is 32.4 Å². The van der Waals surface area contributed by atoms with Gasteiger partial charge < -0.3 is 5.32 Å². The number of amides is 1. The lowest BCUT2D eigenvalue weighted by Gasteiger charge is -2.23. The van der Waals surface area contributed by atoms with Crippen molar-refractivity contribution in [3.05, 3.63) is 64.1 Å². The second-order valence-electron chi connectivity index (χ2n) is 5.54. The van der Waals surface area contributed by atoms with Gasteiger partial charge in [-0.3, -0.25) is 4.79 Å². The Hall–Kier alpha value is -1.75. The molecule has 0 aliphatic carbocycles. The highest BCUT2D eigenvalue weighted by Gasteiger charge is 2.26. The predicted molar refractivity (Wildman–Crippen MR) is 91.3 cm³/mol. The van der Waals surface area contributed by atoms with Crippen molar-refractivity contribution in [2.24, 2.45) is 5.92 Å². The molecule has 0 spiro atoms. The van der Waals surface area contributed by atoms with Crippen LogP contribution in [-0.4, -0.2) is 5.91 Å². The molecule has 0 saturated heterocycles. The molecule has 0 aromatic heterocycles. The standard InChI is InChI=1S/C18H18BrF2NO/c1-3-11(2)17(12-5-4-6-13(20)9-12)18(23)22-14-7-8-15(19)16(21)10-14/h4-11,17H,3H2,1-2H3,(H,22,23). The van der Waals surface area contributed by atoms with Crippen LogP contribution in [-0.2, 0) is 4.79 Å². The number of halogens is 3. The highest BCUT2D eigenvalue weighted by atomic mass is 79.9. The summed E-state index contributed by atoms with van der Waals surface area (Å²) < 4.78 is 27.4. The second kappa shape index (κ2) is 7.68. The van der Waals surface area contributed by atoms with Crippen molar-refractivity contribution < 1.29 is 13.6 Å². The molecule has 0 aliphatic heterocycles. The van der Waals surface area contributed by atoms with Crippen LogP contribution in [0.3, 0.4) is 0 Å². The Kier molecular flexibility index (Phi) is 5.88. The van der Waals surface area contributed by atoms with Crippen molar-refractivity contribution in [1.29, 1.82) is 0 Å². The molecule has 0 radical (unpaired) electrons. The van der Waals surface area contributed by atoms with Gasteiger partial charge in [0.1, 0.15) is 11.6 Å². The number of carbonyl (C=O) groups excluding carboxylic acids is 1. The van der Waals surface area contributed by atoms with Gasteiger partial charge in [0.2, 0.25) is 5.91 Å². The molecular weight excluding hydrogens is 364 g/mol. The summed E-state index contributed by atoms with van der Waals surface area (Å²) in [4.78, 5) is 12.7. The average molecular weight is 382 g/mol. The van der Waals surface area contributed by atoms with E-state index >= 15 is 0 Å². The molecule has 2 rings (SSSR count). The van der Waals surface area contributed by atoms with E-state index in [9.17, 15) is 13.6 Å². The average Bonchev–Trinajstić information content (AvgIpc) is 2.51. The van der Waals surface area contributed by atoms with Crippen molar-refractivity contribution in [2.45, 2.75) is 26.2 Å². The van der Waals surface area contributed by atoms with Crippen LogP contribution in [0.2, 0.25) is 0 Å². The molecule has 2 aromatic rings. The zero-order valence-electron chi connectivity index (χ0n) is 12.9. The molecular formula is C18H18BrF2NO. The molecule has 1 amide bonds. The third kappa shape index (κ3) is 4.38. The van der Waals surface area contributed by atoms with E-state index in [0.29, 0.717) is 15.7 Å². The second-order valence-corrected chi connectivity index (χ2v) is 6.39. The summed E-state index contributed by atoms with van der Waals surface area (Å²) in [6.45, 7) is 3.92. The summed E-state index contributed by atoms with van der Waals surface area (Å²) in [5.41, 5.74) is 0.995. The van der Waals surface area contributed by atoms with Gasteiger partial charge in [0, 0.05) is 5.69 Å². The molecule has 2 nitrogen and oxygen atoms in total. The van der Waals surface area contributed by atoms with Crippen molar-refractivity contribution in [3.8, 4) is 0 Å². The molecule has 23 heavy (non-hydrogen) atoms. The molecule has 0 saturated carbocycles. The van der Waals surface area contributed by atoms with Gasteiger partial charge in [0.05, 0.1) is 10.4 Å². The van der Waals surface area contributed by atoms with Gasteiger partial charge in [-0.25, -0.2) is 8.78 Å². The predicted octanol–water partition coefficient (Wildman–Crippen LogP) is 5.50. The van der Waals surface area contributed by atoms with Crippen LogP contribution in [0.1, 0.15) is 31.7 Å². The summed E-state index contributed by atoms with van der Waals surface area (Å²) in [6, 6.07) is 10.4. The maximum Gasteiger partial charge on any atom is 0.232 e. The minimum Gasteiger partial charge on any atom is -0.325 e. The van der Waals surface area contributed by atoms with E-state index in [4.69, 9.17) is 0 Å². The molecule has 0 heterocycles. The lowest BCUT2D eigenvalue weighted by Crippen LogP contribution is -2.26. The lowest BCUT2D eigenvalue weighted by molar-refractivity contribution is -0.118. The van der Waals surface area contributed by atoms with Crippen molar-refractivity contribution >= 4 is 27.5 Å². The van der Waals surface area contributed by atoms with Gasteiger partial charge in [-0.05, 0) is 57.7 Å². The van der Waals surface area contributed by atoms with Gasteiger partial charge in [0.15, 0.2) is 0 Å². The Morgan fingerprint density at radius 1 is 1.22 bits per heavy atom. The number of carbonyl (C=O) groups is 1. The van der Waals surface area contributed by atoms with E-state index in [1.807, 2.05) is 13.8 Å². The Morgan fingerprint density at radius 2 is 1.96 bits per heavy atom. The molecule has 1 N–H and O–H groups in total. The largest absolute Gasteiger partial charge is 0.325 e. The van der Waals surface area contributed by atoms with Gasteiger partial charge >= 0.3 is 0 Å². The molecule has 2 aromatic carbocycles. The fraction of sp³-hybridized carbons (Fsp3) is 0.278. The smallest absolute Gasteiger partial charge is 0.232 e. The molecule has 0 fully saturated rings. The van der Waals surface area contributed by atoms with Crippen molar-refractivity contribution in [3.63, 3.8) is 0 Å². The highest BCUT2D eigenvalue weighted by Crippen LogP contribution is 2.29. The third-order valence-electron chi connectivity index (χ3n) is 3.89. The van der Waals surface area contributed by atoms with E-state index in [1.165, 1.54) is 24.3 Å². The third-order valence-corrected chi connectivity index (χ3v) is 4.53. The van der Waals surface area contributed by atoms with Crippen molar-refractivity contribution in [1.82, 2.24) is 0 Å². The fourth-order valence-corrected chi connectivity index (χ4v) is 2.71. The number of hydrogen-bond donors (Lipinski definition) is 1. The first-order valence-electron chi connectivity index (χ1n) is 7.43. The zero-order chi connectivity index (χ0) is 17.0. The summed E-state index contributed by atoms with van der Waals surface area (Å²) in [5, 5.41) is 2.72. The SMILES string of the molecule is CCC(C)C(C(=O)Nc1ccc(Br)c(F)c1)c1cccc(F)c1. The summed E-state index contributed by atoms with van der Waals surface area (Å²) in [6.07, 6.45) is 0.767. The normalized spacial score (nSPS) is 13.4. The number of nitrogens with one attached hydrogen (secondary N) is 1. The quantitative estimate of drug-likeness (QED) is 0.728. The Labute approximate surface area is 143 Å². The molecule has 0 bridgehead atoms. The number of benzene rings is 2. The van der Waals surface area contributed by atoms with E-state index in [1.54, 1.807) is 18.2 Å². The molecule has 122 valence electrons. The number of anilines is 1. The van der Waals surface area contributed by atoms with Crippen LogP contribution in [0.15, 0.2) is 46.9 Å². The molecule has 2 atom stereocenters. The zero-order valence-corrected chi connectivity index (χ0v) is 14.5. The van der Waals surface area contributed by atoms with E-state index in [2.05, 4.69) is 21.2 Å². The molecule has 5 heteroatoms. The summed E-state index contributed by atoms with van der Waals surface area (Å²) in [5.74, 6) is -1.57. The van der Waals surface area contributed by atoms with Gasteiger partial charge in [-0.2, -0.15) is 0 Å². The topological polar surface area (TPSA) is 29.1 Å². The first kappa shape index (κ1) is 17.6. The monoisotopic (exact) mass is 381 g/mol. The van der Waals surface area contributed by atoms with E-state index < -0.39 is 11.7 Å². The summed E-state index contributed by atoms with van der Waals surface area (Å²) in [7, 11) is 0. The van der Waals surface area contributed by atoms with Crippen LogP contribution in [0, 0.1) is 17.6 Å². The highest BCUT2D eigenvalue weighted by molar-refractivity contribution is 9.10. The Bertz CT molecular complexity index is 705. The maximum atomic E-state index is 13.6. The molecule has 0 aliphatic rings. The Balaban J connectivity index is 2.28. The first-order chi connectivity index (χ1) is 10.9. The van der Waals surface area contributed by atoms with Crippen LogP contribution in [0.5, 0.6) is 0 Å².